The smallest absolute Gasteiger partial charge is 0.274 e. The molecule has 1 aliphatic heterocycles. The van der Waals surface area contributed by atoms with Crippen molar-refractivity contribution in [2.24, 2.45) is 11.1 Å². The molecule has 0 aliphatic carbocycles. The Hall–Kier alpha value is -1.03. The molecule has 1 unspecified atom stereocenters. The first-order chi connectivity index (χ1) is 9.85. The Morgan fingerprint density at radius 2 is 2.29 bits per heavy atom. The first kappa shape index (κ1) is 16.3. The van der Waals surface area contributed by atoms with E-state index in [-0.39, 0.29) is 18.4 Å². The summed E-state index contributed by atoms with van der Waals surface area (Å²) in [5.41, 5.74) is 0.387. The molecule has 1 fully saturated rings. The summed E-state index contributed by atoms with van der Waals surface area (Å²) in [7, 11) is -3.69. The maximum absolute atomic E-state index is 12.3. The summed E-state index contributed by atoms with van der Waals surface area (Å²) in [5.74, 6) is -0.0701. The minimum absolute atomic E-state index is 0.0662. The number of piperidine rings is 1. The van der Waals surface area contributed by atoms with Gasteiger partial charge >= 0.3 is 0 Å². The SMILES string of the molecule is NS(=O)(=O)NCC1CCCN(C(=O)c2ccc(Br)cn2)C1. The van der Waals surface area contributed by atoms with Gasteiger partial charge in [-0.25, -0.2) is 14.8 Å². The summed E-state index contributed by atoms with van der Waals surface area (Å²) < 4.78 is 24.9. The van der Waals surface area contributed by atoms with Gasteiger partial charge in [-0.05, 0) is 46.8 Å². The van der Waals surface area contributed by atoms with Crippen LogP contribution in [0.3, 0.4) is 0 Å². The van der Waals surface area contributed by atoms with Crippen molar-refractivity contribution in [2.45, 2.75) is 12.8 Å². The van der Waals surface area contributed by atoms with E-state index in [1.54, 1.807) is 23.2 Å². The maximum Gasteiger partial charge on any atom is 0.274 e. The molecule has 3 N–H and O–H groups in total. The summed E-state index contributed by atoms with van der Waals surface area (Å²) in [4.78, 5) is 18.1. The molecule has 2 heterocycles. The highest BCUT2D eigenvalue weighted by molar-refractivity contribution is 9.10. The van der Waals surface area contributed by atoms with E-state index in [0.717, 1.165) is 17.3 Å². The molecule has 1 aromatic rings. The molecule has 0 bridgehead atoms. The topological polar surface area (TPSA) is 105 Å². The molecule has 7 nitrogen and oxygen atoms in total. The maximum atomic E-state index is 12.3. The van der Waals surface area contributed by atoms with Gasteiger partial charge in [0.15, 0.2) is 0 Å². The molecular weight excluding hydrogens is 360 g/mol. The molecule has 1 amide bonds. The Balaban J connectivity index is 1.97. The number of rotatable bonds is 4. The first-order valence-electron chi connectivity index (χ1n) is 6.53. The second-order valence-corrected chi connectivity index (χ2v) is 7.31. The standard InChI is InChI=1S/C12H17BrN4O3S/c13-10-3-4-11(15-7-10)12(18)17-5-1-2-9(8-17)6-16-21(14,19)20/h3-4,7,9,16H,1-2,5-6,8H2,(H2,14,19,20). The molecule has 9 heteroatoms. The lowest BCUT2D eigenvalue weighted by atomic mass is 9.98. The predicted octanol–water partition coefficient (Wildman–Crippen LogP) is 0.489. The van der Waals surface area contributed by atoms with E-state index >= 15 is 0 Å². The largest absolute Gasteiger partial charge is 0.337 e. The molecule has 21 heavy (non-hydrogen) atoms. The number of nitrogens with two attached hydrogens (primary N) is 1. The van der Waals surface area contributed by atoms with Gasteiger partial charge in [-0.15, -0.1) is 0 Å². The van der Waals surface area contributed by atoms with Crippen molar-refractivity contribution in [3.8, 4) is 0 Å². The number of likely N-dealkylation sites (tertiary alicyclic amines) is 1. The van der Waals surface area contributed by atoms with Gasteiger partial charge in [-0.2, -0.15) is 8.42 Å². The molecule has 0 saturated carbocycles. The summed E-state index contributed by atoms with van der Waals surface area (Å²) in [5, 5.41) is 4.92. The fourth-order valence-electron chi connectivity index (χ4n) is 2.31. The summed E-state index contributed by atoms with van der Waals surface area (Å²) in [6, 6.07) is 3.43. The van der Waals surface area contributed by atoms with Crippen molar-refractivity contribution < 1.29 is 13.2 Å². The van der Waals surface area contributed by atoms with Crippen molar-refractivity contribution in [1.82, 2.24) is 14.6 Å². The zero-order valence-electron chi connectivity index (χ0n) is 11.3. The minimum atomic E-state index is -3.69. The number of carbonyl (C=O) groups is 1. The summed E-state index contributed by atoms with van der Waals surface area (Å²) >= 11 is 3.27. The number of hydrogen-bond donors (Lipinski definition) is 2. The number of aromatic nitrogens is 1. The fraction of sp³-hybridized carbons (Fsp3) is 0.500. The number of hydrogen-bond acceptors (Lipinski definition) is 4. The van der Waals surface area contributed by atoms with E-state index in [4.69, 9.17) is 5.14 Å². The normalized spacial score (nSPS) is 19.5. The van der Waals surface area contributed by atoms with E-state index < -0.39 is 10.2 Å². The van der Waals surface area contributed by atoms with Gasteiger partial charge in [-0.1, -0.05) is 0 Å². The van der Waals surface area contributed by atoms with Gasteiger partial charge in [0, 0.05) is 30.3 Å². The number of pyridine rings is 1. The van der Waals surface area contributed by atoms with E-state index in [2.05, 4.69) is 25.6 Å². The van der Waals surface area contributed by atoms with Crippen LogP contribution in [0.2, 0.25) is 0 Å². The Labute approximate surface area is 132 Å². The zero-order chi connectivity index (χ0) is 15.5. The summed E-state index contributed by atoms with van der Waals surface area (Å²) in [6.45, 7) is 1.40. The lowest BCUT2D eigenvalue weighted by Gasteiger charge is -2.32. The van der Waals surface area contributed by atoms with E-state index in [1.807, 2.05) is 0 Å². The van der Waals surface area contributed by atoms with Gasteiger partial charge < -0.3 is 4.90 Å². The van der Waals surface area contributed by atoms with Crippen LogP contribution in [0, 0.1) is 5.92 Å². The van der Waals surface area contributed by atoms with Crippen molar-refractivity contribution in [2.75, 3.05) is 19.6 Å². The molecule has 0 spiro atoms. The highest BCUT2D eigenvalue weighted by Crippen LogP contribution is 2.18. The van der Waals surface area contributed by atoms with Gasteiger partial charge in [0.2, 0.25) is 0 Å². The third kappa shape index (κ3) is 5.03. The molecule has 0 aromatic carbocycles. The molecular formula is C12H17BrN4O3S. The lowest BCUT2D eigenvalue weighted by Crippen LogP contribution is -2.44. The van der Waals surface area contributed by atoms with E-state index in [1.165, 1.54) is 0 Å². The Bertz CT molecular complexity index is 605. The lowest BCUT2D eigenvalue weighted by molar-refractivity contribution is 0.0670. The van der Waals surface area contributed by atoms with Crippen LogP contribution in [-0.2, 0) is 10.2 Å². The van der Waals surface area contributed by atoms with E-state index in [0.29, 0.717) is 18.8 Å². The quantitative estimate of drug-likeness (QED) is 0.797. The Kier molecular flexibility index (Phi) is 5.31. The van der Waals surface area contributed by atoms with Gasteiger partial charge in [0.25, 0.3) is 16.1 Å². The van der Waals surface area contributed by atoms with Crippen LogP contribution < -0.4 is 9.86 Å². The Morgan fingerprint density at radius 1 is 1.52 bits per heavy atom. The minimum Gasteiger partial charge on any atom is -0.337 e. The molecule has 1 aliphatic rings. The fourth-order valence-corrected chi connectivity index (χ4v) is 3.02. The zero-order valence-corrected chi connectivity index (χ0v) is 13.7. The van der Waals surface area contributed by atoms with Crippen molar-refractivity contribution in [3.05, 3.63) is 28.5 Å². The van der Waals surface area contributed by atoms with Gasteiger partial charge in [0.05, 0.1) is 0 Å². The van der Waals surface area contributed by atoms with Crippen LogP contribution >= 0.6 is 15.9 Å². The highest BCUT2D eigenvalue weighted by Gasteiger charge is 2.25. The number of nitrogens with zero attached hydrogens (tertiary/aromatic N) is 2. The van der Waals surface area contributed by atoms with Gasteiger partial charge in [0.1, 0.15) is 5.69 Å². The molecule has 2 rings (SSSR count). The van der Waals surface area contributed by atoms with E-state index in [9.17, 15) is 13.2 Å². The summed E-state index contributed by atoms with van der Waals surface area (Å²) in [6.07, 6.45) is 3.27. The molecule has 0 radical (unpaired) electrons. The average Bonchev–Trinajstić information content (AvgIpc) is 2.45. The second-order valence-electron chi connectivity index (χ2n) is 5.01. The monoisotopic (exact) mass is 376 g/mol. The van der Waals surface area contributed by atoms with Crippen LogP contribution in [0.25, 0.3) is 0 Å². The van der Waals surface area contributed by atoms with Crippen molar-refractivity contribution >= 4 is 32.0 Å². The highest BCUT2D eigenvalue weighted by atomic mass is 79.9. The van der Waals surface area contributed by atoms with Crippen molar-refractivity contribution in [3.63, 3.8) is 0 Å². The number of halogens is 1. The number of amides is 1. The second kappa shape index (κ2) is 6.82. The van der Waals surface area contributed by atoms with Crippen LogP contribution in [0.1, 0.15) is 23.3 Å². The predicted molar refractivity (Wildman–Crippen MR) is 81.7 cm³/mol. The Morgan fingerprint density at radius 3 is 2.90 bits per heavy atom. The number of nitrogens with one attached hydrogen (secondary N) is 1. The first-order valence-corrected chi connectivity index (χ1v) is 8.87. The molecule has 1 saturated heterocycles. The van der Waals surface area contributed by atoms with Crippen LogP contribution in [0.5, 0.6) is 0 Å². The third-order valence-corrected chi connectivity index (χ3v) is 4.36. The molecule has 1 aromatic heterocycles. The molecule has 1 atom stereocenters. The van der Waals surface area contributed by atoms with Crippen LogP contribution in [0.4, 0.5) is 0 Å². The average molecular weight is 377 g/mol. The number of carbonyl (C=O) groups excluding carboxylic acids is 1. The van der Waals surface area contributed by atoms with Gasteiger partial charge in [-0.3, -0.25) is 4.79 Å². The van der Waals surface area contributed by atoms with Crippen LogP contribution in [0.15, 0.2) is 22.8 Å². The van der Waals surface area contributed by atoms with Crippen LogP contribution in [-0.4, -0.2) is 43.8 Å². The molecule has 116 valence electrons. The van der Waals surface area contributed by atoms with Crippen molar-refractivity contribution in [1.29, 1.82) is 0 Å². The third-order valence-electron chi connectivity index (χ3n) is 3.33.